The zero-order valence-electron chi connectivity index (χ0n) is 18.9. The number of fused-ring (bicyclic) bond motifs is 2. The predicted molar refractivity (Wildman–Crippen MR) is 134 cm³/mol. The minimum atomic E-state index is -10.7. The van der Waals surface area contributed by atoms with Gasteiger partial charge in [0.1, 0.15) is 19.0 Å². The van der Waals surface area contributed by atoms with Crippen molar-refractivity contribution < 1.29 is 35.1 Å². The van der Waals surface area contributed by atoms with E-state index in [9.17, 15) is 35.1 Å². The van der Waals surface area contributed by atoms with E-state index in [4.69, 9.17) is 0 Å². The zero-order valence-corrected chi connectivity index (χ0v) is 21.4. The summed E-state index contributed by atoms with van der Waals surface area (Å²) in [6.45, 7) is 0. The number of hydrogen-bond donors (Lipinski definition) is 1. The molecule has 190 valence electrons. The van der Waals surface area contributed by atoms with E-state index >= 15 is 0 Å². The van der Waals surface area contributed by atoms with E-state index in [0.717, 1.165) is 32.4 Å². The van der Waals surface area contributed by atoms with Crippen LogP contribution in [0.2, 0.25) is 0 Å². The molecule has 0 amide bonds. The van der Waals surface area contributed by atoms with Crippen LogP contribution in [0.3, 0.4) is 0 Å². The van der Waals surface area contributed by atoms with Crippen LogP contribution in [0, 0.1) is 0 Å². The van der Waals surface area contributed by atoms with Crippen molar-refractivity contribution in [2.75, 3.05) is 33.1 Å². The van der Waals surface area contributed by atoms with Gasteiger partial charge in [0.2, 0.25) is 5.36 Å². The Bertz CT molecular complexity index is 1460. The minimum absolute atomic E-state index is 0.360. The molecule has 2 aromatic rings. The van der Waals surface area contributed by atoms with Crippen LogP contribution in [0.1, 0.15) is 9.67 Å². The summed E-state index contributed by atoms with van der Waals surface area (Å²) < 4.78 is 62.5. The summed E-state index contributed by atoms with van der Waals surface area (Å²) in [6, 6.07) is 16.6. The number of aromatic carboxylic acids is 1. The molecular formula is C22H21F6N2O2PS2. The number of anilines is 1. The van der Waals surface area contributed by atoms with Crippen molar-refractivity contribution in [2.45, 2.75) is 0 Å². The molecule has 1 aromatic heterocycles. The van der Waals surface area contributed by atoms with Gasteiger partial charge in [0.25, 0.3) is 0 Å². The molecule has 1 aliphatic heterocycles. The van der Waals surface area contributed by atoms with Crippen molar-refractivity contribution in [3.8, 4) is 20.9 Å². The molecule has 0 unspecified atom stereocenters. The molecule has 4 nitrogen and oxygen atoms in total. The molecule has 2 heterocycles. The summed E-state index contributed by atoms with van der Waals surface area (Å²) in [5, 5.41) is 11.7. The molecule has 35 heavy (non-hydrogen) atoms. The van der Waals surface area contributed by atoms with Gasteiger partial charge in [-0.15, -0.1) is 22.7 Å². The Morgan fingerprint density at radius 1 is 0.886 bits per heavy atom. The van der Waals surface area contributed by atoms with Crippen LogP contribution in [0.5, 0.6) is 0 Å². The number of halogens is 6. The quantitative estimate of drug-likeness (QED) is 0.121. The van der Waals surface area contributed by atoms with E-state index in [-0.39, 0.29) is 0 Å². The normalized spacial score (nSPS) is 13.5. The number of carbonyl (C=O) groups is 1. The Labute approximate surface area is 204 Å². The SMILES string of the molecule is CN(C)c1ccc2c(-c3ccc(C(=O)O)s3)c3ccc(=[N+](C)C)cc-3sc2c1.F[P-](F)(F)(F)(F)F. The first-order valence-corrected chi connectivity index (χ1v) is 13.5. The molecule has 0 atom stereocenters. The van der Waals surface area contributed by atoms with Gasteiger partial charge in [0.05, 0.1) is 0 Å². The van der Waals surface area contributed by atoms with Crippen LogP contribution in [-0.2, 0) is 0 Å². The number of rotatable bonds is 3. The van der Waals surface area contributed by atoms with E-state index in [2.05, 4.69) is 45.9 Å². The molecule has 4 rings (SSSR count). The summed E-state index contributed by atoms with van der Waals surface area (Å²) in [4.78, 5) is 16.0. The molecule has 1 aromatic carbocycles. The number of benzene rings is 2. The fraction of sp³-hybridized carbons (Fsp3) is 0.182. The van der Waals surface area contributed by atoms with Gasteiger partial charge in [0.15, 0.2) is 0 Å². The maximum atomic E-state index is 11.4. The topological polar surface area (TPSA) is 43.6 Å². The average molecular weight is 555 g/mol. The monoisotopic (exact) mass is 554 g/mol. The van der Waals surface area contributed by atoms with E-state index < -0.39 is 13.8 Å². The van der Waals surface area contributed by atoms with Crippen LogP contribution >= 0.6 is 30.5 Å². The van der Waals surface area contributed by atoms with Gasteiger partial charge >= 0.3 is 39.0 Å². The van der Waals surface area contributed by atoms with E-state index in [1.165, 1.54) is 20.9 Å². The Morgan fingerprint density at radius 3 is 2.03 bits per heavy atom. The second kappa shape index (κ2) is 8.46. The molecule has 0 spiro atoms. The van der Waals surface area contributed by atoms with E-state index in [1.54, 1.807) is 17.4 Å². The second-order valence-electron chi connectivity index (χ2n) is 8.05. The van der Waals surface area contributed by atoms with Gasteiger partial charge in [-0.1, -0.05) is 6.07 Å². The molecule has 1 aliphatic carbocycles. The zero-order chi connectivity index (χ0) is 26.4. The van der Waals surface area contributed by atoms with E-state index in [0.29, 0.717) is 4.88 Å². The molecule has 13 heteroatoms. The number of thiophene rings is 1. The van der Waals surface area contributed by atoms with Crippen molar-refractivity contribution in [3.05, 3.63) is 58.8 Å². The molecule has 0 saturated heterocycles. The van der Waals surface area contributed by atoms with Crippen LogP contribution in [0.15, 0.2) is 48.5 Å². The third-order valence-electron chi connectivity index (χ3n) is 4.78. The Balaban J connectivity index is 0.000000429. The maximum absolute atomic E-state index is 11.4. The summed E-state index contributed by atoms with van der Waals surface area (Å²) in [5.41, 5.74) is 3.41. The van der Waals surface area contributed by atoms with Crippen molar-refractivity contribution >= 4 is 52.2 Å². The van der Waals surface area contributed by atoms with E-state index in [1.807, 2.05) is 34.3 Å². The first-order chi connectivity index (χ1) is 15.8. The molecule has 0 saturated carbocycles. The fourth-order valence-corrected chi connectivity index (χ4v) is 5.35. The number of carboxylic acids is 1. The molecule has 0 fully saturated rings. The Morgan fingerprint density at radius 2 is 1.51 bits per heavy atom. The summed E-state index contributed by atoms with van der Waals surface area (Å²) >= 11 is 3.10. The third kappa shape index (κ3) is 7.39. The molecular weight excluding hydrogens is 533 g/mol. The average Bonchev–Trinajstić information content (AvgIpc) is 3.18. The molecule has 2 aliphatic rings. The van der Waals surface area contributed by atoms with Gasteiger partial charge in [0, 0.05) is 62.9 Å². The van der Waals surface area contributed by atoms with Crippen LogP contribution in [0.4, 0.5) is 30.9 Å². The first kappa shape index (κ1) is 26.9. The van der Waals surface area contributed by atoms with Gasteiger partial charge in [-0.05, 0) is 30.3 Å². The van der Waals surface area contributed by atoms with Crippen molar-refractivity contribution in [1.29, 1.82) is 0 Å². The van der Waals surface area contributed by atoms with Gasteiger partial charge < -0.3 is 10.0 Å². The molecule has 1 N–H and O–H groups in total. The number of hydrogen-bond acceptors (Lipinski definition) is 4. The second-order valence-corrected chi connectivity index (χ2v) is 12.1. The van der Waals surface area contributed by atoms with Crippen molar-refractivity contribution in [1.82, 2.24) is 4.58 Å². The van der Waals surface area contributed by atoms with Gasteiger partial charge in [-0.3, -0.25) is 0 Å². The van der Waals surface area contributed by atoms with Crippen molar-refractivity contribution in [3.63, 3.8) is 0 Å². The van der Waals surface area contributed by atoms with Crippen LogP contribution < -0.4 is 14.8 Å². The summed E-state index contributed by atoms with van der Waals surface area (Å²) in [5.74, 6) is -0.881. The summed E-state index contributed by atoms with van der Waals surface area (Å²) in [7, 11) is -2.51. The molecule has 0 bridgehead atoms. The Hall–Kier alpha value is -2.69. The third-order valence-corrected chi connectivity index (χ3v) is 6.99. The predicted octanol–water partition coefficient (Wildman–Crippen LogP) is 7.91. The van der Waals surface area contributed by atoms with Crippen LogP contribution in [0.25, 0.3) is 31.0 Å². The Kier molecular flexibility index (Phi) is 6.50. The van der Waals surface area contributed by atoms with Crippen LogP contribution in [-0.4, -0.2) is 39.3 Å². The standard InChI is InChI=1S/C22H20N2O2S2.F6P/c1-23(2)13-5-7-15-19(11-13)28-20-12-14(24(3)4)6-8-16(20)21(15)17-9-10-18(27-17)22(25)26;1-7(2,3,4,5)6/h5-12H,1-4H3;/q;-1/p+1. The van der Waals surface area contributed by atoms with Gasteiger partial charge in [-0.2, -0.15) is 0 Å². The number of carboxylic acid groups (broad SMARTS) is 1. The number of nitrogens with zero attached hydrogens (tertiary/aromatic N) is 2. The first-order valence-electron chi connectivity index (χ1n) is 9.88. The summed E-state index contributed by atoms with van der Waals surface area (Å²) in [6.07, 6.45) is 0. The van der Waals surface area contributed by atoms with Crippen molar-refractivity contribution in [2.24, 2.45) is 0 Å². The fourth-order valence-electron chi connectivity index (χ4n) is 3.28. The van der Waals surface area contributed by atoms with Gasteiger partial charge in [-0.25, -0.2) is 9.37 Å². The molecule has 0 radical (unpaired) electrons.